The molecule has 0 bridgehead atoms. The SMILES string of the molecule is C=C1CCC(c2nn(C)c3cc(N4CCN([C@H](C)CC)CC4)ccc23)C(=C)N1.C=Cc1nc(N2CCc3cccc(C(=C)Nc4nc5ccccc5s4)c3C2)ccc1-c1cccc(CC2CCCCC2)c1C. The normalized spacial score (nSPS) is 18.1. The van der Waals surface area contributed by atoms with Crippen LogP contribution in [0.5, 0.6) is 0 Å². The first-order chi connectivity index (χ1) is 35.0. The van der Waals surface area contributed by atoms with Gasteiger partial charge in [-0.15, -0.1) is 0 Å². The summed E-state index contributed by atoms with van der Waals surface area (Å²) in [7, 11) is 2.05. The van der Waals surface area contributed by atoms with Crippen LogP contribution in [-0.4, -0.2) is 63.4 Å². The van der Waals surface area contributed by atoms with Crippen LogP contribution in [0.3, 0.4) is 0 Å². The van der Waals surface area contributed by atoms with Gasteiger partial charge in [0.15, 0.2) is 5.13 Å². The smallest absolute Gasteiger partial charge is 0.188 e. The molecule has 0 spiro atoms. The molecule has 4 aliphatic rings. The average molecular weight is 976 g/mol. The molecule has 372 valence electrons. The number of thiazole rings is 1. The molecule has 1 unspecified atom stereocenters. The second-order valence-electron chi connectivity index (χ2n) is 20.6. The van der Waals surface area contributed by atoms with E-state index in [1.165, 1.54) is 99.6 Å². The van der Waals surface area contributed by atoms with E-state index in [1.807, 2.05) is 22.9 Å². The summed E-state index contributed by atoms with van der Waals surface area (Å²) in [5, 5.41) is 13.8. The fourth-order valence-electron chi connectivity index (χ4n) is 11.7. The summed E-state index contributed by atoms with van der Waals surface area (Å²) < 4.78 is 3.20. The molecule has 9 nitrogen and oxygen atoms in total. The van der Waals surface area contributed by atoms with Gasteiger partial charge < -0.3 is 20.4 Å². The van der Waals surface area contributed by atoms with E-state index < -0.39 is 0 Å². The molecule has 2 saturated heterocycles. The highest BCUT2D eigenvalue weighted by Gasteiger charge is 2.28. The molecule has 10 heteroatoms. The summed E-state index contributed by atoms with van der Waals surface area (Å²) in [5.74, 6) is 2.06. The number of nitrogens with one attached hydrogen (secondary N) is 2. The predicted octanol–water partition coefficient (Wildman–Crippen LogP) is 14.1. The molecule has 2 N–H and O–H groups in total. The first-order valence-electron chi connectivity index (χ1n) is 26.5. The second-order valence-corrected chi connectivity index (χ2v) is 21.7. The van der Waals surface area contributed by atoms with E-state index in [1.54, 1.807) is 11.3 Å². The molecule has 3 aliphatic heterocycles. The molecule has 11 rings (SSSR count). The van der Waals surface area contributed by atoms with Crippen LogP contribution in [0, 0.1) is 12.8 Å². The van der Waals surface area contributed by atoms with Gasteiger partial charge in [-0.1, -0.05) is 125 Å². The van der Waals surface area contributed by atoms with Gasteiger partial charge in [-0.2, -0.15) is 5.10 Å². The van der Waals surface area contributed by atoms with Gasteiger partial charge in [0.05, 0.1) is 27.1 Å². The van der Waals surface area contributed by atoms with Crippen molar-refractivity contribution in [1.29, 1.82) is 0 Å². The molecule has 6 heterocycles. The molecule has 3 aromatic heterocycles. The van der Waals surface area contributed by atoms with E-state index in [2.05, 4.69) is 158 Å². The topological polar surface area (TPSA) is 77.4 Å². The quantitative estimate of drug-likeness (QED) is 0.125. The van der Waals surface area contributed by atoms with Gasteiger partial charge in [0, 0.05) is 97.6 Å². The number of allylic oxidation sites excluding steroid dienone is 2. The van der Waals surface area contributed by atoms with Gasteiger partial charge in [-0.25, -0.2) is 9.97 Å². The van der Waals surface area contributed by atoms with Crippen LogP contribution in [0.1, 0.15) is 110 Å². The Morgan fingerprint density at radius 1 is 0.861 bits per heavy atom. The number of piperidine rings is 1. The van der Waals surface area contributed by atoms with Crippen molar-refractivity contribution in [3.05, 3.63) is 168 Å². The van der Waals surface area contributed by atoms with Gasteiger partial charge >= 0.3 is 0 Å². The van der Waals surface area contributed by atoms with Crippen molar-refractivity contribution in [2.75, 3.05) is 47.8 Å². The van der Waals surface area contributed by atoms with Crippen molar-refractivity contribution >= 4 is 60.9 Å². The van der Waals surface area contributed by atoms with E-state index in [9.17, 15) is 0 Å². The predicted molar refractivity (Wildman–Crippen MR) is 306 cm³/mol. The lowest BCUT2D eigenvalue weighted by Crippen LogP contribution is -2.49. The molecular weight excluding hydrogens is 903 g/mol. The zero-order valence-electron chi connectivity index (χ0n) is 43.2. The molecular formula is C62H73N9S. The fraction of sp³-hybridized carbons (Fsp3) is 0.371. The number of aromatic nitrogens is 4. The van der Waals surface area contributed by atoms with E-state index in [0.717, 1.165) is 115 Å². The number of fused-ring (bicyclic) bond motifs is 3. The first kappa shape index (κ1) is 49.1. The van der Waals surface area contributed by atoms with Crippen molar-refractivity contribution in [1.82, 2.24) is 30.0 Å². The molecule has 0 amide bonds. The third-order valence-electron chi connectivity index (χ3n) is 16.1. The first-order valence-corrected chi connectivity index (χ1v) is 27.4. The van der Waals surface area contributed by atoms with Crippen molar-refractivity contribution in [3.8, 4) is 11.1 Å². The Hall–Kier alpha value is -6.49. The van der Waals surface area contributed by atoms with Crippen LogP contribution < -0.4 is 20.4 Å². The lowest BCUT2D eigenvalue weighted by Gasteiger charge is -2.39. The lowest BCUT2D eigenvalue weighted by atomic mass is 9.83. The summed E-state index contributed by atoms with van der Waals surface area (Å²) in [4.78, 5) is 17.4. The lowest BCUT2D eigenvalue weighted by molar-refractivity contribution is 0.193. The summed E-state index contributed by atoms with van der Waals surface area (Å²) in [6.07, 6.45) is 14.2. The van der Waals surface area contributed by atoms with Crippen molar-refractivity contribution in [2.24, 2.45) is 13.0 Å². The molecule has 1 saturated carbocycles. The number of pyridine rings is 1. The maximum atomic E-state index is 5.18. The number of piperazine rings is 1. The Morgan fingerprint density at radius 3 is 2.44 bits per heavy atom. The number of aryl methyl sites for hydroxylation is 1. The van der Waals surface area contributed by atoms with Crippen LogP contribution in [0.25, 0.3) is 44.0 Å². The average Bonchev–Trinajstić information content (AvgIpc) is 3.98. The van der Waals surface area contributed by atoms with Gasteiger partial charge in [0.2, 0.25) is 0 Å². The number of hydrogen-bond donors (Lipinski definition) is 2. The van der Waals surface area contributed by atoms with Crippen molar-refractivity contribution < 1.29 is 0 Å². The highest BCUT2D eigenvalue weighted by Crippen LogP contribution is 2.39. The highest BCUT2D eigenvalue weighted by atomic mass is 32.1. The molecule has 4 aromatic carbocycles. The fourth-order valence-corrected chi connectivity index (χ4v) is 12.6. The van der Waals surface area contributed by atoms with Crippen LogP contribution >= 0.6 is 11.3 Å². The number of rotatable bonds is 12. The Labute approximate surface area is 432 Å². The number of hydrogen-bond acceptors (Lipinski definition) is 9. The minimum absolute atomic E-state index is 0.249. The number of nitrogens with zero attached hydrogens (tertiary/aromatic N) is 7. The molecule has 1 aliphatic carbocycles. The van der Waals surface area contributed by atoms with Gasteiger partial charge in [-0.05, 0) is 128 Å². The minimum atomic E-state index is 0.249. The Bertz CT molecular complexity index is 3090. The molecule has 72 heavy (non-hydrogen) atoms. The zero-order valence-corrected chi connectivity index (χ0v) is 44.0. The molecule has 7 aromatic rings. The van der Waals surface area contributed by atoms with Gasteiger partial charge in [0.1, 0.15) is 5.82 Å². The maximum absolute atomic E-state index is 5.18. The van der Waals surface area contributed by atoms with E-state index >= 15 is 0 Å². The number of anilines is 3. The van der Waals surface area contributed by atoms with Crippen LogP contribution in [-0.2, 0) is 26.4 Å². The van der Waals surface area contributed by atoms with Crippen LogP contribution in [0.2, 0.25) is 0 Å². The second kappa shape index (κ2) is 21.7. The third-order valence-corrected chi connectivity index (χ3v) is 17.1. The molecule has 2 atom stereocenters. The maximum Gasteiger partial charge on any atom is 0.188 e. The Morgan fingerprint density at radius 2 is 1.67 bits per heavy atom. The van der Waals surface area contributed by atoms with E-state index in [0.29, 0.717) is 6.04 Å². The van der Waals surface area contributed by atoms with Crippen molar-refractivity contribution in [3.63, 3.8) is 0 Å². The Balaban J connectivity index is 0.000000183. The molecule has 0 radical (unpaired) electrons. The van der Waals surface area contributed by atoms with Crippen LogP contribution in [0.15, 0.2) is 129 Å². The summed E-state index contributed by atoms with van der Waals surface area (Å²) in [6.45, 7) is 29.9. The monoisotopic (exact) mass is 976 g/mol. The van der Waals surface area contributed by atoms with Gasteiger partial charge in [0.25, 0.3) is 0 Å². The standard InChI is InChI=1S/C39H40N4S.C23H33N5/c1-4-35-33(31-16-11-15-30(26(31)2)24-28-12-6-5-7-13-28)20-21-38(41-35)43-23-22-29-14-10-17-32(34(29)25-43)27(3)40-39-42-36-18-8-9-19-37(36)44-39;1-6-17(3)27-11-13-28(14-12-27)19-8-10-21-22(15-19)26(5)25-23(21)20-9-7-16(2)24-18(20)4/h4,8-11,14-21,28H,1,3,5-7,12-13,22-25H2,2H3,(H,40,42);8,10,15,17,20,24H,2,4,6-7,9,11-14H2,1,3,5H3/t;17-,20?/m.1/s1. The van der Waals surface area contributed by atoms with Crippen molar-refractivity contribution in [2.45, 2.75) is 103 Å². The minimum Gasteiger partial charge on any atom is -0.369 e. The van der Waals surface area contributed by atoms with Gasteiger partial charge in [-0.3, -0.25) is 9.58 Å². The van der Waals surface area contributed by atoms with E-state index in [-0.39, 0.29) is 5.92 Å². The number of para-hydroxylation sites is 1. The zero-order chi connectivity index (χ0) is 49.9. The third kappa shape index (κ3) is 10.4. The summed E-state index contributed by atoms with van der Waals surface area (Å²) >= 11 is 1.66. The van der Waals surface area contributed by atoms with E-state index in [4.69, 9.17) is 15.1 Å². The highest BCUT2D eigenvalue weighted by molar-refractivity contribution is 7.22. The number of benzene rings is 4. The summed E-state index contributed by atoms with van der Waals surface area (Å²) in [6, 6.07) is 33.5. The van der Waals surface area contributed by atoms with Crippen LogP contribution in [0.4, 0.5) is 16.6 Å². The largest absolute Gasteiger partial charge is 0.369 e. The Kier molecular flexibility index (Phi) is 14.8. The molecule has 3 fully saturated rings. The summed E-state index contributed by atoms with van der Waals surface area (Å²) in [5.41, 5.74) is 17.7.